The van der Waals surface area contributed by atoms with Gasteiger partial charge in [0.05, 0.1) is 11.8 Å². The van der Waals surface area contributed by atoms with E-state index in [1.165, 1.54) is 0 Å². The molecule has 4 aromatic heterocycles. The number of amides is 1. The normalized spacial score (nSPS) is 16.9. The maximum Gasteiger partial charge on any atom is 0.276 e. The maximum absolute atomic E-state index is 12.7. The number of likely N-dealkylation sites (tertiary alicyclic amines) is 1. The number of thiophene rings is 1. The molecular formula is C18H14N4O4S. The lowest BCUT2D eigenvalue weighted by molar-refractivity contribution is 0.0780. The molecule has 1 aliphatic rings. The SMILES string of the molecule is O=C(c1cc(-c2ccco2)on1)N1CC[C@H](c2noc(-c3ccsc3)n2)C1. The second-order valence-electron chi connectivity index (χ2n) is 6.26. The molecule has 9 heteroatoms. The molecule has 27 heavy (non-hydrogen) atoms. The van der Waals surface area contributed by atoms with Crippen molar-refractivity contribution in [2.75, 3.05) is 13.1 Å². The number of furan rings is 1. The van der Waals surface area contributed by atoms with E-state index >= 15 is 0 Å². The van der Waals surface area contributed by atoms with E-state index in [9.17, 15) is 4.79 Å². The molecule has 4 aromatic rings. The Kier molecular flexibility index (Phi) is 3.86. The summed E-state index contributed by atoms with van der Waals surface area (Å²) in [6, 6.07) is 7.03. The van der Waals surface area contributed by atoms with Gasteiger partial charge in [-0.05, 0) is 30.0 Å². The van der Waals surface area contributed by atoms with Gasteiger partial charge in [-0.15, -0.1) is 0 Å². The molecule has 1 fully saturated rings. The van der Waals surface area contributed by atoms with E-state index in [4.69, 9.17) is 13.5 Å². The van der Waals surface area contributed by atoms with Crippen LogP contribution in [0.5, 0.6) is 0 Å². The molecule has 8 nitrogen and oxygen atoms in total. The molecule has 0 aliphatic carbocycles. The van der Waals surface area contributed by atoms with Crippen LogP contribution in [0.25, 0.3) is 23.0 Å². The molecule has 136 valence electrons. The minimum atomic E-state index is -0.180. The molecule has 0 N–H and O–H groups in total. The van der Waals surface area contributed by atoms with Gasteiger partial charge in [-0.1, -0.05) is 10.3 Å². The molecule has 0 radical (unpaired) electrons. The van der Waals surface area contributed by atoms with Gasteiger partial charge < -0.3 is 18.4 Å². The quantitative estimate of drug-likeness (QED) is 0.531. The van der Waals surface area contributed by atoms with E-state index in [-0.39, 0.29) is 17.5 Å². The van der Waals surface area contributed by atoms with Crippen LogP contribution in [0, 0.1) is 0 Å². The molecule has 1 aliphatic heterocycles. The highest BCUT2D eigenvalue weighted by Gasteiger charge is 2.32. The first-order chi connectivity index (χ1) is 13.3. The zero-order chi connectivity index (χ0) is 18.2. The van der Waals surface area contributed by atoms with E-state index in [1.54, 1.807) is 40.7 Å². The largest absolute Gasteiger partial charge is 0.461 e. The van der Waals surface area contributed by atoms with Crippen LogP contribution in [0.4, 0.5) is 0 Å². The lowest BCUT2D eigenvalue weighted by atomic mass is 10.1. The minimum Gasteiger partial charge on any atom is -0.461 e. The average Bonchev–Trinajstić information content (AvgIpc) is 3.50. The standard InChI is InChI=1S/C18H14N4O4S/c23-18(13-8-15(25-20-13)14-2-1-6-24-14)22-5-3-11(9-22)16-19-17(26-21-16)12-4-7-27-10-12/h1-2,4,6-8,10-11H,3,5,9H2/t11-/m0/s1. The fourth-order valence-electron chi connectivity index (χ4n) is 3.13. The van der Waals surface area contributed by atoms with Gasteiger partial charge in [0.25, 0.3) is 11.8 Å². The third kappa shape index (κ3) is 2.95. The zero-order valence-corrected chi connectivity index (χ0v) is 14.9. The lowest BCUT2D eigenvalue weighted by Gasteiger charge is -2.13. The summed E-state index contributed by atoms with van der Waals surface area (Å²) in [6.07, 6.45) is 2.32. The van der Waals surface area contributed by atoms with Crippen LogP contribution in [0.1, 0.15) is 28.7 Å². The first-order valence-corrected chi connectivity index (χ1v) is 9.38. The molecule has 5 rings (SSSR count). The second-order valence-corrected chi connectivity index (χ2v) is 7.04. The van der Waals surface area contributed by atoms with Crippen LogP contribution < -0.4 is 0 Å². The predicted octanol–water partition coefficient (Wildman–Crippen LogP) is 3.68. The van der Waals surface area contributed by atoms with Gasteiger partial charge in [0, 0.05) is 30.5 Å². The van der Waals surface area contributed by atoms with Gasteiger partial charge in [0.1, 0.15) is 0 Å². The van der Waals surface area contributed by atoms with Crippen molar-refractivity contribution in [3.8, 4) is 23.0 Å². The first-order valence-electron chi connectivity index (χ1n) is 8.44. The van der Waals surface area contributed by atoms with Crippen molar-refractivity contribution in [2.45, 2.75) is 12.3 Å². The Morgan fingerprint density at radius 3 is 3.00 bits per heavy atom. The number of carbonyl (C=O) groups is 1. The summed E-state index contributed by atoms with van der Waals surface area (Å²) in [5.74, 6) is 1.96. The molecule has 0 spiro atoms. The van der Waals surface area contributed by atoms with E-state index in [1.807, 2.05) is 16.8 Å². The van der Waals surface area contributed by atoms with Crippen molar-refractivity contribution in [3.63, 3.8) is 0 Å². The van der Waals surface area contributed by atoms with Crippen LogP contribution in [-0.4, -0.2) is 39.2 Å². The van der Waals surface area contributed by atoms with Crippen LogP contribution >= 0.6 is 11.3 Å². The van der Waals surface area contributed by atoms with Gasteiger partial charge >= 0.3 is 0 Å². The van der Waals surface area contributed by atoms with Gasteiger partial charge in [0.15, 0.2) is 17.3 Å². The van der Waals surface area contributed by atoms with Crippen LogP contribution in [0.15, 0.2) is 54.8 Å². The van der Waals surface area contributed by atoms with Crippen LogP contribution in [0.2, 0.25) is 0 Å². The van der Waals surface area contributed by atoms with Crippen LogP contribution in [0.3, 0.4) is 0 Å². The zero-order valence-electron chi connectivity index (χ0n) is 14.1. The van der Waals surface area contributed by atoms with Gasteiger partial charge in [-0.2, -0.15) is 16.3 Å². The molecule has 1 atom stereocenters. The Balaban J connectivity index is 1.29. The van der Waals surface area contributed by atoms with Gasteiger partial charge in [0.2, 0.25) is 5.76 Å². The van der Waals surface area contributed by atoms with E-state index < -0.39 is 0 Å². The van der Waals surface area contributed by atoms with Crippen molar-refractivity contribution in [1.82, 2.24) is 20.2 Å². The number of aromatic nitrogens is 3. The summed E-state index contributed by atoms with van der Waals surface area (Å²) < 4.78 is 15.8. The van der Waals surface area contributed by atoms with Crippen molar-refractivity contribution >= 4 is 17.2 Å². The smallest absolute Gasteiger partial charge is 0.276 e. The summed E-state index contributed by atoms with van der Waals surface area (Å²) in [5, 5.41) is 11.9. The molecule has 0 bridgehead atoms. The minimum absolute atomic E-state index is 0.0431. The summed E-state index contributed by atoms with van der Waals surface area (Å²) in [4.78, 5) is 18.9. The Morgan fingerprint density at radius 2 is 2.19 bits per heavy atom. The van der Waals surface area contributed by atoms with Crippen molar-refractivity contribution in [2.24, 2.45) is 0 Å². The van der Waals surface area contributed by atoms with Crippen LogP contribution in [-0.2, 0) is 0 Å². The first kappa shape index (κ1) is 16.0. The van der Waals surface area contributed by atoms with E-state index in [0.29, 0.717) is 36.3 Å². The fraction of sp³-hybridized carbons (Fsp3) is 0.222. The van der Waals surface area contributed by atoms with E-state index in [0.717, 1.165) is 12.0 Å². The number of hydrogen-bond donors (Lipinski definition) is 0. The monoisotopic (exact) mass is 382 g/mol. The highest BCUT2D eigenvalue weighted by atomic mass is 32.1. The molecule has 0 aromatic carbocycles. The highest BCUT2D eigenvalue weighted by molar-refractivity contribution is 7.08. The second kappa shape index (κ2) is 6.51. The number of nitrogens with zero attached hydrogens (tertiary/aromatic N) is 4. The van der Waals surface area contributed by atoms with E-state index in [2.05, 4.69) is 15.3 Å². The summed E-state index contributed by atoms with van der Waals surface area (Å²) in [6.45, 7) is 1.12. The maximum atomic E-state index is 12.7. The Morgan fingerprint density at radius 1 is 1.22 bits per heavy atom. The Labute approximate surface area is 157 Å². The van der Waals surface area contributed by atoms with Crippen molar-refractivity contribution in [3.05, 3.63) is 52.8 Å². The number of carbonyl (C=O) groups excluding carboxylic acids is 1. The highest BCUT2D eigenvalue weighted by Crippen LogP contribution is 2.29. The molecule has 5 heterocycles. The summed E-state index contributed by atoms with van der Waals surface area (Å²) in [7, 11) is 0. The fourth-order valence-corrected chi connectivity index (χ4v) is 3.76. The van der Waals surface area contributed by atoms with Crippen molar-refractivity contribution < 1.29 is 18.3 Å². The molecule has 1 saturated heterocycles. The van der Waals surface area contributed by atoms with Crippen molar-refractivity contribution in [1.29, 1.82) is 0 Å². The number of rotatable bonds is 4. The summed E-state index contributed by atoms with van der Waals surface area (Å²) >= 11 is 1.58. The Hall–Kier alpha value is -3.20. The number of hydrogen-bond acceptors (Lipinski definition) is 8. The lowest BCUT2D eigenvalue weighted by Crippen LogP contribution is -2.28. The third-order valence-corrected chi connectivity index (χ3v) is 5.23. The van der Waals surface area contributed by atoms with Gasteiger partial charge in [-0.25, -0.2) is 0 Å². The summed E-state index contributed by atoms with van der Waals surface area (Å²) in [5.41, 5.74) is 1.17. The molecule has 0 unspecified atom stereocenters. The molecule has 1 amide bonds. The topological polar surface area (TPSA) is 98.4 Å². The Bertz CT molecular complexity index is 1050. The molecular weight excluding hydrogens is 368 g/mol. The third-order valence-electron chi connectivity index (χ3n) is 4.54. The average molecular weight is 382 g/mol. The molecule has 0 saturated carbocycles. The predicted molar refractivity (Wildman–Crippen MR) is 95.1 cm³/mol. The van der Waals surface area contributed by atoms with Gasteiger partial charge in [-0.3, -0.25) is 4.79 Å².